The first-order chi connectivity index (χ1) is 23.0. The minimum absolute atomic E-state index is 0.0188. The zero-order valence-corrected chi connectivity index (χ0v) is 28.6. The summed E-state index contributed by atoms with van der Waals surface area (Å²) < 4.78 is 73.2. The van der Waals surface area contributed by atoms with Gasteiger partial charge in [-0.1, -0.05) is 17.7 Å². The second-order valence-electron chi connectivity index (χ2n) is 13.3. The van der Waals surface area contributed by atoms with E-state index in [0.717, 1.165) is 24.4 Å². The molecule has 4 heterocycles. The van der Waals surface area contributed by atoms with E-state index in [9.17, 15) is 31.2 Å². The molecule has 0 radical (unpaired) electrons. The number of sulfonamides is 1. The van der Waals surface area contributed by atoms with Crippen LogP contribution in [0.5, 0.6) is 0 Å². The fraction of sp³-hybridized carbons (Fsp3) is 0.424. The van der Waals surface area contributed by atoms with Gasteiger partial charge in [-0.25, -0.2) is 18.2 Å². The van der Waals surface area contributed by atoms with E-state index in [1.807, 2.05) is 26.8 Å². The van der Waals surface area contributed by atoms with Crippen LogP contribution in [0.1, 0.15) is 36.7 Å². The lowest BCUT2D eigenvalue weighted by atomic mass is 9.93. The zero-order valence-electron chi connectivity index (χ0n) is 27.1. The summed E-state index contributed by atoms with van der Waals surface area (Å²) >= 11 is 5.82. The number of nitrogens with one attached hydrogen (secondary N) is 1. The fourth-order valence-electron chi connectivity index (χ4n) is 6.25. The number of halogens is 4. The van der Waals surface area contributed by atoms with E-state index in [0.29, 0.717) is 30.3 Å². The van der Waals surface area contributed by atoms with Crippen LogP contribution in [0.2, 0.25) is 5.15 Å². The first-order valence-corrected chi connectivity index (χ1v) is 17.6. The van der Waals surface area contributed by atoms with Gasteiger partial charge in [-0.15, -0.1) is 0 Å². The molecule has 3 fully saturated rings. The van der Waals surface area contributed by atoms with Crippen molar-refractivity contribution < 1.29 is 35.9 Å². The van der Waals surface area contributed by atoms with Crippen molar-refractivity contribution in [2.75, 3.05) is 60.9 Å². The van der Waals surface area contributed by atoms with Gasteiger partial charge in [-0.2, -0.15) is 17.5 Å². The van der Waals surface area contributed by atoms with Crippen LogP contribution in [-0.2, 0) is 20.9 Å². The van der Waals surface area contributed by atoms with E-state index in [1.54, 1.807) is 28.0 Å². The Kier molecular flexibility index (Phi) is 9.22. The van der Waals surface area contributed by atoms with Crippen molar-refractivity contribution >= 4 is 50.8 Å². The molecule has 0 spiro atoms. The number of rotatable bonds is 6. The predicted molar refractivity (Wildman–Crippen MR) is 178 cm³/mol. The summed E-state index contributed by atoms with van der Waals surface area (Å²) in [5.41, 5.74) is 0.191. The summed E-state index contributed by atoms with van der Waals surface area (Å²) in [5.74, 6) is -0.00979. The summed E-state index contributed by atoms with van der Waals surface area (Å²) in [4.78, 5) is 35.2. The number of amides is 2. The maximum atomic E-state index is 13.4. The number of aromatic nitrogens is 1. The molecule has 16 heteroatoms. The number of fused-ring (bicyclic) bond motifs is 1. The summed E-state index contributed by atoms with van der Waals surface area (Å²) in [7, 11) is -3.91. The lowest BCUT2D eigenvalue weighted by Gasteiger charge is -2.43. The molecule has 1 N–H and O–H groups in total. The number of benzene rings is 2. The van der Waals surface area contributed by atoms with Crippen LogP contribution < -0.4 is 15.1 Å². The van der Waals surface area contributed by atoms with Crippen molar-refractivity contribution in [3.63, 3.8) is 0 Å². The molecule has 2 atom stereocenters. The molecule has 0 saturated carbocycles. The number of hydrogen-bond acceptors (Lipinski definition) is 8. The first-order valence-electron chi connectivity index (χ1n) is 15.7. The highest BCUT2D eigenvalue weighted by molar-refractivity contribution is 7.89. The molecule has 2 amide bonds. The van der Waals surface area contributed by atoms with Gasteiger partial charge in [0.15, 0.2) is 0 Å². The fourth-order valence-corrected chi connectivity index (χ4v) is 7.88. The molecule has 6 rings (SSSR count). The number of piperazine rings is 1. The molecule has 3 aliphatic rings. The largest absolute Gasteiger partial charge is 0.444 e. The number of ether oxygens (including phenoxy) is 1. The minimum Gasteiger partial charge on any atom is -0.444 e. The molecule has 49 heavy (non-hydrogen) atoms. The molecule has 262 valence electrons. The molecule has 3 aromatic rings. The molecule has 0 aliphatic carbocycles. The van der Waals surface area contributed by atoms with Crippen LogP contribution in [0.25, 0.3) is 0 Å². The van der Waals surface area contributed by atoms with Gasteiger partial charge in [-0.3, -0.25) is 4.79 Å². The van der Waals surface area contributed by atoms with Crippen molar-refractivity contribution in [1.29, 1.82) is 0 Å². The van der Waals surface area contributed by atoms with Gasteiger partial charge in [0.05, 0.1) is 16.5 Å². The van der Waals surface area contributed by atoms with Gasteiger partial charge in [0.25, 0.3) is 5.91 Å². The second-order valence-corrected chi connectivity index (χ2v) is 15.6. The minimum atomic E-state index is -4.59. The standard InChI is InChI=1S/C33H36ClF3N6O5S/c1-32(2,3)48-31(45)43-19-22-18-41(20-27(22)43)25-6-4-5-21(15-25)30(44)38-24-7-9-26(10-8-24)49(46,47)42-13-11-40(12-14-42)29-17-23(33(35,36)37)16-28(34)39-29/h4-10,15-17,22,27H,11-14,18-20H2,1-3H3,(H,38,44)/t22-,27-/m0/s1. The number of likely N-dealkylation sites (tertiary alicyclic amines) is 1. The van der Waals surface area contributed by atoms with Crippen molar-refractivity contribution in [2.24, 2.45) is 5.92 Å². The molecule has 2 aromatic carbocycles. The van der Waals surface area contributed by atoms with E-state index in [-0.39, 0.29) is 60.1 Å². The lowest BCUT2D eigenvalue weighted by Crippen LogP contribution is -2.59. The average molecular weight is 721 g/mol. The van der Waals surface area contributed by atoms with E-state index in [4.69, 9.17) is 16.3 Å². The van der Waals surface area contributed by atoms with Crippen molar-refractivity contribution in [3.05, 3.63) is 76.9 Å². The van der Waals surface area contributed by atoms with Crippen LogP contribution in [-0.4, -0.2) is 92.1 Å². The number of hydrogen-bond donors (Lipinski definition) is 1. The number of pyridine rings is 1. The van der Waals surface area contributed by atoms with Gasteiger partial charge in [0.2, 0.25) is 10.0 Å². The number of nitrogens with zero attached hydrogens (tertiary/aromatic N) is 5. The lowest BCUT2D eigenvalue weighted by molar-refractivity contribution is -0.137. The average Bonchev–Trinajstić information content (AvgIpc) is 3.35. The highest BCUT2D eigenvalue weighted by atomic mass is 35.5. The Morgan fingerprint density at radius 2 is 1.61 bits per heavy atom. The van der Waals surface area contributed by atoms with Crippen molar-refractivity contribution in [2.45, 2.75) is 43.5 Å². The second kappa shape index (κ2) is 13.0. The van der Waals surface area contributed by atoms with E-state index in [2.05, 4.69) is 15.2 Å². The number of carbonyl (C=O) groups is 2. The third-order valence-electron chi connectivity index (χ3n) is 8.76. The summed E-state index contributed by atoms with van der Waals surface area (Å²) in [6, 6.07) is 14.7. The zero-order chi connectivity index (χ0) is 35.3. The Balaban J connectivity index is 1.04. The van der Waals surface area contributed by atoms with Crippen LogP contribution in [0.3, 0.4) is 0 Å². The van der Waals surface area contributed by atoms with Crippen LogP contribution in [0.4, 0.5) is 35.2 Å². The summed E-state index contributed by atoms with van der Waals surface area (Å²) in [6.45, 7) is 7.85. The van der Waals surface area contributed by atoms with Crippen LogP contribution in [0.15, 0.2) is 65.6 Å². The van der Waals surface area contributed by atoms with Gasteiger partial charge in [0.1, 0.15) is 16.6 Å². The topological polar surface area (TPSA) is 115 Å². The molecule has 1 aromatic heterocycles. The third-order valence-corrected chi connectivity index (χ3v) is 10.9. The molecule has 11 nitrogen and oxygen atoms in total. The Hall–Kier alpha value is -4.08. The maximum absolute atomic E-state index is 13.4. The van der Waals surface area contributed by atoms with Crippen molar-refractivity contribution in [1.82, 2.24) is 14.2 Å². The summed E-state index contributed by atoms with van der Waals surface area (Å²) in [6.07, 6.45) is -4.91. The number of alkyl halides is 3. The predicted octanol–water partition coefficient (Wildman–Crippen LogP) is 5.57. The third kappa shape index (κ3) is 7.58. The van der Waals surface area contributed by atoms with Gasteiger partial charge in [0, 0.05) is 68.7 Å². The summed E-state index contributed by atoms with van der Waals surface area (Å²) in [5, 5.41) is 2.51. The quantitative estimate of drug-likeness (QED) is 0.329. The smallest absolute Gasteiger partial charge is 0.416 e. The molecular weight excluding hydrogens is 685 g/mol. The van der Waals surface area contributed by atoms with E-state index in [1.165, 1.54) is 28.6 Å². The molecule has 3 aliphatic heterocycles. The maximum Gasteiger partial charge on any atom is 0.416 e. The Morgan fingerprint density at radius 3 is 2.27 bits per heavy atom. The molecule has 0 bridgehead atoms. The van der Waals surface area contributed by atoms with Crippen molar-refractivity contribution in [3.8, 4) is 0 Å². The normalized spacial score (nSPS) is 20.1. The number of anilines is 3. The molecule has 0 unspecified atom stereocenters. The Morgan fingerprint density at radius 1 is 0.918 bits per heavy atom. The highest BCUT2D eigenvalue weighted by Crippen LogP contribution is 2.37. The van der Waals surface area contributed by atoms with Crippen LogP contribution in [0, 0.1) is 5.92 Å². The Bertz CT molecular complexity index is 1850. The van der Waals surface area contributed by atoms with Gasteiger partial charge in [-0.05, 0) is 75.4 Å². The van der Waals surface area contributed by atoms with Crippen LogP contribution >= 0.6 is 11.6 Å². The first kappa shape index (κ1) is 34.8. The monoisotopic (exact) mass is 720 g/mol. The van der Waals surface area contributed by atoms with Gasteiger partial charge >= 0.3 is 12.3 Å². The highest BCUT2D eigenvalue weighted by Gasteiger charge is 2.49. The van der Waals surface area contributed by atoms with Gasteiger partial charge < -0.3 is 24.8 Å². The van der Waals surface area contributed by atoms with E-state index < -0.39 is 27.4 Å². The SMILES string of the molecule is CC(C)(C)OC(=O)N1C[C@@H]2CN(c3cccc(C(=O)Nc4ccc(S(=O)(=O)N5CCN(c6cc(C(F)(F)F)cc(Cl)n6)CC5)cc4)c3)C[C@@H]21. The van der Waals surface area contributed by atoms with E-state index >= 15 is 0 Å². The molecular formula is C33H36ClF3N6O5S. The Labute approximate surface area is 287 Å². The molecule has 3 saturated heterocycles. The number of carbonyl (C=O) groups excluding carboxylic acids is 2.